The van der Waals surface area contributed by atoms with E-state index >= 15 is 0 Å². The maximum Gasteiger partial charge on any atom is 0.0666 e. The SMILES string of the molecule is CCC(CC1CC1)NC1CCOC(C)(CC)C1. The molecule has 100 valence electrons. The molecule has 2 rings (SSSR count). The van der Waals surface area contributed by atoms with Crippen LogP contribution >= 0.6 is 0 Å². The average Bonchev–Trinajstić information content (AvgIpc) is 3.12. The van der Waals surface area contributed by atoms with Crippen molar-refractivity contribution in [1.29, 1.82) is 0 Å². The van der Waals surface area contributed by atoms with E-state index in [2.05, 4.69) is 26.1 Å². The molecule has 0 amide bonds. The van der Waals surface area contributed by atoms with Crippen molar-refractivity contribution < 1.29 is 4.74 Å². The van der Waals surface area contributed by atoms with Gasteiger partial charge in [0.25, 0.3) is 0 Å². The Bertz CT molecular complexity index is 239. The molecule has 0 bridgehead atoms. The highest BCUT2D eigenvalue weighted by atomic mass is 16.5. The highest BCUT2D eigenvalue weighted by Crippen LogP contribution is 2.35. The highest BCUT2D eigenvalue weighted by Gasteiger charge is 2.33. The quantitative estimate of drug-likeness (QED) is 0.766. The van der Waals surface area contributed by atoms with Gasteiger partial charge < -0.3 is 10.1 Å². The minimum absolute atomic E-state index is 0.119. The van der Waals surface area contributed by atoms with Crippen molar-refractivity contribution in [3.8, 4) is 0 Å². The largest absolute Gasteiger partial charge is 0.375 e. The normalized spacial score (nSPS) is 35.8. The zero-order chi connectivity index (χ0) is 12.3. The van der Waals surface area contributed by atoms with Gasteiger partial charge in [-0.15, -0.1) is 0 Å². The summed E-state index contributed by atoms with van der Waals surface area (Å²) in [5.74, 6) is 1.03. The summed E-state index contributed by atoms with van der Waals surface area (Å²) in [6.45, 7) is 7.76. The van der Waals surface area contributed by atoms with Gasteiger partial charge in [0, 0.05) is 18.7 Å². The molecular formula is C15H29NO. The summed E-state index contributed by atoms with van der Waals surface area (Å²) in [5.41, 5.74) is 0.119. The molecule has 1 saturated carbocycles. The maximum atomic E-state index is 5.91. The van der Waals surface area contributed by atoms with Crippen molar-refractivity contribution in [2.75, 3.05) is 6.61 Å². The molecule has 0 aromatic heterocycles. The Morgan fingerprint density at radius 2 is 2.06 bits per heavy atom. The van der Waals surface area contributed by atoms with E-state index < -0.39 is 0 Å². The lowest BCUT2D eigenvalue weighted by Crippen LogP contribution is -2.48. The third kappa shape index (κ3) is 3.96. The number of rotatable bonds is 6. The molecule has 1 aliphatic carbocycles. The smallest absolute Gasteiger partial charge is 0.0666 e. The third-order valence-corrected chi connectivity index (χ3v) is 4.62. The minimum Gasteiger partial charge on any atom is -0.375 e. The van der Waals surface area contributed by atoms with Crippen molar-refractivity contribution in [2.45, 2.75) is 83.4 Å². The number of hydrogen-bond donors (Lipinski definition) is 1. The topological polar surface area (TPSA) is 21.3 Å². The van der Waals surface area contributed by atoms with Crippen LogP contribution in [-0.4, -0.2) is 24.3 Å². The van der Waals surface area contributed by atoms with E-state index in [1.165, 1.54) is 38.5 Å². The van der Waals surface area contributed by atoms with Crippen LogP contribution in [0.25, 0.3) is 0 Å². The molecule has 2 fully saturated rings. The fourth-order valence-corrected chi connectivity index (χ4v) is 2.96. The second kappa shape index (κ2) is 5.71. The van der Waals surface area contributed by atoms with Gasteiger partial charge in [-0.2, -0.15) is 0 Å². The Kier molecular flexibility index (Phi) is 4.48. The van der Waals surface area contributed by atoms with Crippen LogP contribution in [0.1, 0.15) is 65.7 Å². The molecule has 2 heteroatoms. The summed E-state index contributed by atoms with van der Waals surface area (Å²) in [5, 5.41) is 3.89. The molecule has 1 heterocycles. The Hall–Kier alpha value is -0.0800. The molecule has 17 heavy (non-hydrogen) atoms. The minimum atomic E-state index is 0.119. The molecule has 3 atom stereocenters. The highest BCUT2D eigenvalue weighted by molar-refractivity contribution is 4.88. The van der Waals surface area contributed by atoms with Crippen LogP contribution in [0, 0.1) is 5.92 Å². The van der Waals surface area contributed by atoms with Crippen molar-refractivity contribution >= 4 is 0 Å². The van der Waals surface area contributed by atoms with Gasteiger partial charge in [-0.25, -0.2) is 0 Å². The molecule has 1 aliphatic heterocycles. The summed E-state index contributed by atoms with van der Waals surface area (Å²) in [4.78, 5) is 0. The lowest BCUT2D eigenvalue weighted by Gasteiger charge is -2.39. The average molecular weight is 239 g/mol. The van der Waals surface area contributed by atoms with Crippen LogP contribution in [0.15, 0.2) is 0 Å². The first kappa shape index (κ1) is 13.4. The second-order valence-corrected chi connectivity index (χ2v) is 6.29. The Morgan fingerprint density at radius 1 is 1.29 bits per heavy atom. The zero-order valence-electron chi connectivity index (χ0n) is 11.8. The molecule has 0 radical (unpaired) electrons. The third-order valence-electron chi connectivity index (χ3n) is 4.62. The predicted octanol–water partition coefficient (Wildman–Crippen LogP) is 3.50. The van der Waals surface area contributed by atoms with Gasteiger partial charge in [0.2, 0.25) is 0 Å². The first-order valence-electron chi connectivity index (χ1n) is 7.55. The van der Waals surface area contributed by atoms with E-state index in [1.54, 1.807) is 0 Å². The van der Waals surface area contributed by atoms with Crippen molar-refractivity contribution in [3.63, 3.8) is 0 Å². The molecule has 2 nitrogen and oxygen atoms in total. The molecule has 0 aromatic carbocycles. The van der Waals surface area contributed by atoms with E-state index in [0.29, 0.717) is 6.04 Å². The standard InChI is InChI=1S/C15H29NO/c1-4-13(10-12-6-7-12)16-14-8-9-17-15(3,5-2)11-14/h12-14,16H,4-11H2,1-3H3. The van der Waals surface area contributed by atoms with E-state index in [0.717, 1.165) is 25.0 Å². The van der Waals surface area contributed by atoms with Crippen LogP contribution in [-0.2, 0) is 4.74 Å². The van der Waals surface area contributed by atoms with Gasteiger partial charge in [-0.3, -0.25) is 0 Å². The predicted molar refractivity (Wildman–Crippen MR) is 72.2 cm³/mol. The van der Waals surface area contributed by atoms with Crippen LogP contribution in [0.5, 0.6) is 0 Å². The van der Waals surface area contributed by atoms with E-state index in [-0.39, 0.29) is 5.60 Å². The Morgan fingerprint density at radius 3 is 2.65 bits per heavy atom. The van der Waals surface area contributed by atoms with Crippen molar-refractivity contribution in [1.82, 2.24) is 5.32 Å². The fraction of sp³-hybridized carbons (Fsp3) is 1.00. The van der Waals surface area contributed by atoms with Crippen LogP contribution in [0.3, 0.4) is 0 Å². The number of ether oxygens (including phenoxy) is 1. The van der Waals surface area contributed by atoms with Crippen molar-refractivity contribution in [2.24, 2.45) is 5.92 Å². The summed E-state index contributed by atoms with van der Waals surface area (Å²) < 4.78 is 5.91. The monoisotopic (exact) mass is 239 g/mol. The summed E-state index contributed by atoms with van der Waals surface area (Å²) in [6.07, 6.45) is 9.12. The van der Waals surface area contributed by atoms with Gasteiger partial charge >= 0.3 is 0 Å². The first-order chi connectivity index (χ1) is 8.15. The fourth-order valence-electron chi connectivity index (χ4n) is 2.96. The summed E-state index contributed by atoms with van der Waals surface area (Å²) >= 11 is 0. The van der Waals surface area contributed by atoms with Gasteiger partial charge in [-0.05, 0) is 44.9 Å². The van der Waals surface area contributed by atoms with Crippen LogP contribution in [0.2, 0.25) is 0 Å². The lowest BCUT2D eigenvalue weighted by molar-refractivity contribution is -0.0792. The number of nitrogens with one attached hydrogen (secondary N) is 1. The van der Waals surface area contributed by atoms with E-state index in [1.807, 2.05) is 0 Å². The molecule has 0 aromatic rings. The molecule has 2 aliphatic rings. The van der Waals surface area contributed by atoms with Gasteiger partial charge in [-0.1, -0.05) is 26.7 Å². The molecule has 0 spiro atoms. The van der Waals surface area contributed by atoms with E-state index in [9.17, 15) is 0 Å². The lowest BCUT2D eigenvalue weighted by atomic mass is 9.89. The van der Waals surface area contributed by atoms with E-state index in [4.69, 9.17) is 4.74 Å². The zero-order valence-corrected chi connectivity index (χ0v) is 11.8. The second-order valence-electron chi connectivity index (χ2n) is 6.29. The molecule has 1 saturated heterocycles. The maximum absolute atomic E-state index is 5.91. The Labute approximate surface area is 107 Å². The van der Waals surface area contributed by atoms with Crippen molar-refractivity contribution in [3.05, 3.63) is 0 Å². The molecule has 1 N–H and O–H groups in total. The summed E-state index contributed by atoms with van der Waals surface area (Å²) in [6, 6.07) is 1.42. The van der Waals surface area contributed by atoms with Gasteiger partial charge in [0.1, 0.15) is 0 Å². The summed E-state index contributed by atoms with van der Waals surface area (Å²) in [7, 11) is 0. The van der Waals surface area contributed by atoms with Gasteiger partial charge in [0.15, 0.2) is 0 Å². The molecular weight excluding hydrogens is 210 g/mol. The van der Waals surface area contributed by atoms with Gasteiger partial charge in [0.05, 0.1) is 5.60 Å². The van der Waals surface area contributed by atoms with Crippen LogP contribution in [0.4, 0.5) is 0 Å². The van der Waals surface area contributed by atoms with Crippen LogP contribution < -0.4 is 5.32 Å². The Balaban J connectivity index is 1.79. The first-order valence-corrected chi connectivity index (χ1v) is 7.55. The molecule has 3 unspecified atom stereocenters. The number of hydrogen-bond acceptors (Lipinski definition) is 2.